The second-order valence-electron chi connectivity index (χ2n) is 5.78. The fraction of sp³-hybridized carbons (Fsp3) is 0.846. The number of carbonyl (C=O) groups is 2. The summed E-state index contributed by atoms with van der Waals surface area (Å²) in [6, 6.07) is -0.413. The zero-order valence-corrected chi connectivity index (χ0v) is 10.9. The third-order valence-corrected chi connectivity index (χ3v) is 4.11. The molecule has 0 spiro atoms. The van der Waals surface area contributed by atoms with Gasteiger partial charge in [0.15, 0.2) is 0 Å². The van der Waals surface area contributed by atoms with E-state index in [0.717, 1.165) is 25.7 Å². The third kappa shape index (κ3) is 3.22. The van der Waals surface area contributed by atoms with Crippen LogP contribution in [0.5, 0.6) is 0 Å². The molecule has 1 aliphatic heterocycles. The summed E-state index contributed by atoms with van der Waals surface area (Å²) in [5.74, 6) is 0.420. The number of nitrogens with one attached hydrogen (secondary N) is 2. The molecule has 2 fully saturated rings. The van der Waals surface area contributed by atoms with Crippen LogP contribution >= 0.6 is 0 Å². The van der Waals surface area contributed by atoms with Crippen LogP contribution in [0.15, 0.2) is 0 Å². The first-order chi connectivity index (χ1) is 8.48. The van der Waals surface area contributed by atoms with E-state index in [4.69, 9.17) is 0 Å². The third-order valence-electron chi connectivity index (χ3n) is 4.11. The molecule has 5 heteroatoms. The molecule has 2 aliphatic rings. The van der Waals surface area contributed by atoms with Crippen LogP contribution in [0, 0.1) is 5.92 Å². The number of rotatable bonds is 3. The maximum atomic E-state index is 11.8. The lowest BCUT2D eigenvalue weighted by atomic mass is 9.79. The molecule has 102 valence electrons. The van der Waals surface area contributed by atoms with E-state index in [1.807, 2.05) is 0 Å². The van der Waals surface area contributed by atoms with Crippen molar-refractivity contribution in [2.45, 2.75) is 57.1 Å². The van der Waals surface area contributed by atoms with Gasteiger partial charge in [0.1, 0.15) is 6.04 Å². The molecule has 1 heterocycles. The van der Waals surface area contributed by atoms with E-state index in [2.05, 4.69) is 17.6 Å². The van der Waals surface area contributed by atoms with Gasteiger partial charge in [-0.05, 0) is 38.0 Å². The van der Waals surface area contributed by atoms with Crippen LogP contribution in [0.4, 0.5) is 0 Å². The molecule has 0 unspecified atom stereocenters. The van der Waals surface area contributed by atoms with Gasteiger partial charge in [-0.15, -0.1) is 0 Å². The van der Waals surface area contributed by atoms with Crippen molar-refractivity contribution in [3.8, 4) is 0 Å². The minimum absolute atomic E-state index is 0.0691. The molecule has 18 heavy (non-hydrogen) atoms. The van der Waals surface area contributed by atoms with Crippen molar-refractivity contribution >= 4 is 11.8 Å². The van der Waals surface area contributed by atoms with Gasteiger partial charge in [-0.25, -0.2) is 0 Å². The summed E-state index contributed by atoms with van der Waals surface area (Å²) in [5.41, 5.74) is -0.759. The Bertz CT molecular complexity index is 335. The predicted molar refractivity (Wildman–Crippen MR) is 66.8 cm³/mol. The van der Waals surface area contributed by atoms with Gasteiger partial charge in [0.25, 0.3) is 0 Å². The average Bonchev–Trinajstić information content (AvgIpc) is 2.77. The Hall–Kier alpha value is -1.10. The van der Waals surface area contributed by atoms with Crippen molar-refractivity contribution in [2.75, 3.05) is 6.54 Å². The molecule has 2 rings (SSSR count). The van der Waals surface area contributed by atoms with Crippen molar-refractivity contribution in [3.05, 3.63) is 0 Å². The molecule has 0 aromatic carbocycles. The minimum Gasteiger partial charge on any atom is -0.388 e. The topological polar surface area (TPSA) is 78.4 Å². The lowest BCUT2D eigenvalue weighted by molar-refractivity contribution is -0.127. The normalized spacial score (nSPS) is 36.2. The highest BCUT2D eigenvalue weighted by Crippen LogP contribution is 2.31. The molecule has 1 saturated heterocycles. The molecule has 0 radical (unpaired) electrons. The second-order valence-corrected chi connectivity index (χ2v) is 5.78. The summed E-state index contributed by atoms with van der Waals surface area (Å²) in [5, 5.41) is 15.7. The standard InChI is InChI=1S/C13H22N2O3/c1-9-4-6-13(18,7-5-9)8-14-12(17)10-2-3-11(16)15-10/h9-10,18H,2-8H2,1H3,(H,14,17)(H,15,16)/t9?,10-,13?/m0/s1. The van der Waals surface area contributed by atoms with E-state index in [9.17, 15) is 14.7 Å². The van der Waals surface area contributed by atoms with E-state index in [-0.39, 0.29) is 11.8 Å². The minimum atomic E-state index is -0.759. The first kappa shape index (κ1) is 13.3. The Morgan fingerprint density at radius 1 is 1.44 bits per heavy atom. The Morgan fingerprint density at radius 2 is 2.11 bits per heavy atom. The Labute approximate surface area is 107 Å². The lowest BCUT2D eigenvalue weighted by Crippen LogP contribution is -2.49. The van der Waals surface area contributed by atoms with Crippen LogP contribution in [0.2, 0.25) is 0 Å². The molecule has 1 saturated carbocycles. The summed E-state index contributed by atoms with van der Waals surface area (Å²) in [6.45, 7) is 2.48. The molecular formula is C13H22N2O3. The summed E-state index contributed by atoms with van der Waals surface area (Å²) < 4.78 is 0. The lowest BCUT2D eigenvalue weighted by Gasteiger charge is -2.35. The smallest absolute Gasteiger partial charge is 0.242 e. The van der Waals surface area contributed by atoms with Crippen molar-refractivity contribution in [1.82, 2.24) is 10.6 Å². The summed E-state index contributed by atoms with van der Waals surface area (Å²) in [4.78, 5) is 22.8. The van der Waals surface area contributed by atoms with Crippen LogP contribution in [-0.2, 0) is 9.59 Å². The van der Waals surface area contributed by atoms with E-state index >= 15 is 0 Å². The van der Waals surface area contributed by atoms with Gasteiger partial charge in [0.2, 0.25) is 11.8 Å². The summed E-state index contributed by atoms with van der Waals surface area (Å²) >= 11 is 0. The molecule has 5 nitrogen and oxygen atoms in total. The highest BCUT2D eigenvalue weighted by Gasteiger charge is 2.34. The van der Waals surface area contributed by atoms with Gasteiger partial charge in [-0.2, -0.15) is 0 Å². The fourth-order valence-electron chi connectivity index (χ4n) is 2.66. The van der Waals surface area contributed by atoms with Crippen LogP contribution < -0.4 is 10.6 Å². The molecule has 0 aromatic heterocycles. The van der Waals surface area contributed by atoms with E-state index in [0.29, 0.717) is 25.3 Å². The number of aliphatic hydroxyl groups is 1. The quantitative estimate of drug-likeness (QED) is 0.679. The first-order valence-electron chi connectivity index (χ1n) is 6.78. The van der Waals surface area contributed by atoms with Crippen molar-refractivity contribution < 1.29 is 14.7 Å². The zero-order chi connectivity index (χ0) is 13.2. The largest absolute Gasteiger partial charge is 0.388 e. The number of hydrogen-bond acceptors (Lipinski definition) is 3. The van der Waals surface area contributed by atoms with Crippen LogP contribution in [0.1, 0.15) is 45.4 Å². The first-order valence-corrected chi connectivity index (χ1v) is 6.78. The van der Waals surface area contributed by atoms with Gasteiger partial charge in [0.05, 0.1) is 5.60 Å². The summed E-state index contributed by atoms with van der Waals surface area (Å²) in [7, 11) is 0. The van der Waals surface area contributed by atoms with E-state index < -0.39 is 11.6 Å². The average molecular weight is 254 g/mol. The number of carbonyl (C=O) groups excluding carboxylic acids is 2. The maximum Gasteiger partial charge on any atom is 0.242 e. The van der Waals surface area contributed by atoms with Crippen molar-refractivity contribution in [2.24, 2.45) is 5.92 Å². The van der Waals surface area contributed by atoms with Gasteiger partial charge in [-0.3, -0.25) is 9.59 Å². The molecule has 0 aromatic rings. The van der Waals surface area contributed by atoms with Crippen molar-refractivity contribution in [1.29, 1.82) is 0 Å². The maximum absolute atomic E-state index is 11.8. The van der Waals surface area contributed by atoms with Gasteiger partial charge < -0.3 is 15.7 Å². The molecular weight excluding hydrogens is 232 g/mol. The predicted octanol–water partition coefficient (Wildman–Crippen LogP) is 0.322. The van der Waals surface area contributed by atoms with Gasteiger partial charge in [-0.1, -0.05) is 6.92 Å². The van der Waals surface area contributed by atoms with Gasteiger partial charge in [0, 0.05) is 13.0 Å². The molecule has 1 aliphatic carbocycles. The monoisotopic (exact) mass is 254 g/mol. The van der Waals surface area contributed by atoms with Crippen LogP contribution in [-0.4, -0.2) is 35.1 Å². The number of hydrogen-bond donors (Lipinski definition) is 3. The second kappa shape index (κ2) is 5.26. The van der Waals surface area contributed by atoms with E-state index in [1.165, 1.54) is 0 Å². The summed E-state index contributed by atoms with van der Waals surface area (Å²) in [6.07, 6.45) is 4.47. The molecule has 0 bridgehead atoms. The van der Waals surface area contributed by atoms with E-state index in [1.54, 1.807) is 0 Å². The highest BCUT2D eigenvalue weighted by atomic mass is 16.3. The van der Waals surface area contributed by atoms with Crippen molar-refractivity contribution in [3.63, 3.8) is 0 Å². The molecule has 2 amide bonds. The Balaban J connectivity index is 1.77. The Kier molecular flexibility index (Phi) is 3.90. The number of amides is 2. The van der Waals surface area contributed by atoms with Crippen LogP contribution in [0.3, 0.4) is 0 Å². The zero-order valence-electron chi connectivity index (χ0n) is 10.9. The SMILES string of the molecule is CC1CCC(O)(CNC(=O)[C@@H]2CCC(=O)N2)CC1. The molecule has 1 atom stereocenters. The molecule has 3 N–H and O–H groups in total. The fourth-order valence-corrected chi connectivity index (χ4v) is 2.66. The van der Waals surface area contributed by atoms with Crippen LogP contribution in [0.25, 0.3) is 0 Å². The van der Waals surface area contributed by atoms with Gasteiger partial charge >= 0.3 is 0 Å². The Morgan fingerprint density at radius 3 is 2.67 bits per heavy atom. The highest BCUT2D eigenvalue weighted by molar-refractivity contribution is 5.90.